The summed E-state index contributed by atoms with van der Waals surface area (Å²) in [7, 11) is 0. The summed E-state index contributed by atoms with van der Waals surface area (Å²) >= 11 is 12.1. The molecule has 0 unspecified atom stereocenters. The first-order valence-electron chi connectivity index (χ1n) is 20.7. The van der Waals surface area contributed by atoms with Crippen LogP contribution in [0.5, 0.6) is 0 Å². The number of rotatable bonds is 8. The summed E-state index contributed by atoms with van der Waals surface area (Å²) in [5, 5.41) is 33.6. The van der Waals surface area contributed by atoms with E-state index in [1.807, 2.05) is 91.0 Å². The van der Waals surface area contributed by atoms with Crippen molar-refractivity contribution in [1.29, 1.82) is 10.5 Å². The van der Waals surface area contributed by atoms with Gasteiger partial charge in [-0.15, -0.1) is 0 Å². The van der Waals surface area contributed by atoms with Gasteiger partial charge in [0, 0.05) is 68.3 Å². The summed E-state index contributed by atoms with van der Waals surface area (Å²) in [6.45, 7) is 20.0. The molecule has 2 N–H and O–H groups in total. The lowest BCUT2D eigenvalue weighted by Crippen LogP contribution is -2.49. The molecule has 3 aliphatic heterocycles. The average Bonchev–Trinajstić information content (AvgIpc) is 4.21. The number of hydrogen-bond acceptors (Lipinski definition) is 10. The molecule has 3 fully saturated rings. The largest absolute Gasteiger partial charge is 0.387 e. The van der Waals surface area contributed by atoms with Crippen LogP contribution in [0.1, 0.15) is 57.7 Å². The first-order valence-corrected chi connectivity index (χ1v) is 21.4. The van der Waals surface area contributed by atoms with E-state index in [2.05, 4.69) is 63.9 Å². The Morgan fingerprint density at radius 3 is 1.67 bits per heavy atom. The summed E-state index contributed by atoms with van der Waals surface area (Å²) in [4.78, 5) is 22.4. The molecule has 14 heteroatoms. The molecule has 0 spiro atoms. The van der Waals surface area contributed by atoms with Crippen molar-refractivity contribution in [1.82, 2.24) is 20.2 Å². The SMILES string of the molecule is N#Cc1ccc(N2CCNC[C@H]2c2ccc(Cl)cc2)nc1.[C-]#[N+]c1ccc([C@H](O)CN2CCN(c3ccc(C#N)cn3)[C@H](c3ccc(Cl)cc3)C2)cc1.[C-]#[N+]c1ccc([C@H]2CO2)cc1. The van der Waals surface area contributed by atoms with Gasteiger partial charge in [-0.25, -0.2) is 19.7 Å². The number of nitriles is 2. The first-order chi connectivity index (χ1) is 31.2. The van der Waals surface area contributed by atoms with Crippen LogP contribution >= 0.6 is 23.2 Å². The molecular weight excluding hydrogens is 844 g/mol. The van der Waals surface area contributed by atoms with E-state index in [0.717, 1.165) is 67.1 Å². The van der Waals surface area contributed by atoms with E-state index < -0.39 is 6.10 Å². The molecule has 4 aromatic carbocycles. The maximum absolute atomic E-state index is 10.8. The molecule has 2 aromatic heterocycles. The van der Waals surface area contributed by atoms with Gasteiger partial charge in [-0.1, -0.05) is 96.0 Å². The Morgan fingerprint density at radius 2 is 1.19 bits per heavy atom. The van der Waals surface area contributed by atoms with Gasteiger partial charge in [-0.05, 0) is 70.8 Å². The lowest BCUT2D eigenvalue weighted by molar-refractivity contribution is 0.100. The number of β-amino-alcohol motifs (C(OH)–C–C–N with tert-alkyl or cyclic N) is 1. The number of nitrogens with one attached hydrogen (secondary N) is 1. The van der Waals surface area contributed by atoms with Crippen molar-refractivity contribution in [2.24, 2.45) is 0 Å². The lowest BCUT2D eigenvalue weighted by Gasteiger charge is -2.43. The maximum Gasteiger partial charge on any atom is 0.187 e. The van der Waals surface area contributed by atoms with Crippen LogP contribution < -0.4 is 15.1 Å². The molecule has 6 aromatic rings. The number of pyridine rings is 2. The van der Waals surface area contributed by atoms with E-state index in [1.54, 1.807) is 30.6 Å². The number of piperazine rings is 2. The highest BCUT2D eigenvalue weighted by molar-refractivity contribution is 6.30. The van der Waals surface area contributed by atoms with E-state index in [0.29, 0.717) is 46.7 Å². The third-order valence-electron chi connectivity index (χ3n) is 11.1. The molecule has 12 nitrogen and oxygen atoms in total. The Bertz CT molecular complexity index is 2620. The molecule has 0 radical (unpaired) electrons. The predicted molar refractivity (Wildman–Crippen MR) is 249 cm³/mol. The molecule has 0 aliphatic carbocycles. The van der Waals surface area contributed by atoms with Crippen molar-refractivity contribution in [3.05, 3.63) is 200 Å². The molecule has 4 atom stereocenters. The molecule has 3 aliphatic rings. The van der Waals surface area contributed by atoms with E-state index in [1.165, 1.54) is 11.1 Å². The highest BCUT2D eigenvalue weighted by atomic mass is 35.5. The van der Waals surface area contributed by atoms with Crippen LogP contribution in [-0.2, 0) is 4.74 Å². The van der Waals surface area contributed by atoms with Gasteiger partial charge in [0.25, 0.3) is 0 Å². The number of epoxide rings is 1. The van der Waals surface area contributed by atoms with Crippen LogP contribution in [0.4, 0.5) is 23.0 Å². The van der Waals surface area contributed by atoms with Gasteiger partial charge >= 0.3 is 0 Å². The zero-order valence-corrected chi connectivity index (χ0v) is 36.3. The summed E-state index contributed by atoms with van der Waals surface area (Å²) in [5.41, 5.74) is 6.66. The van der Waals surface area contributed by atoms with Crippen molar-refractivity contribution >= 4 is 46.2 Å². The van der Waals surface area contributed by atoms with E-state index >= 15 is 0 Å². The summed E-state index contributed by atoms with van der Waals surface area (Å²) in [5.74, 6) is 1.72. The van der Waals surface area contributed by atoms with Crippen LogP contribution in [-0.4, -0.2) is 72.4 Å². The Labute approximate surface area is 383 Å². The van der Waals surface area contributed by atoms with Crippen molar-refractivity contribution in [3.63, 3.8) is 0 Å². The number of aliphatic hydroxyl groups excluding tert-OH is 1. The fraction of sp³-hybridized carbons (Fsp3) is 0.240. The molecular formula is C50H44Cl2N10O2. The van der Waals surface area contributed by atoms with Crippen molar-refractivity contribution < 1.29 is 9.84 Å². The number of aromatic nitrogens is 2. The van der Waals surface area contributed by atoms with Crippen LogP contribution in [0.3, 0.4) is 0 Å². The Morgan fingerprint density at radius 1 is 0.688 bits per heavy atom. The maximum atomic E-state index is 10.8. The van der Waals surface area contributed by atoms with Gasteiger partial charge in [0.2, 0.25) is 0 Å². The molecule has 5 heterocycles. The van der Waals surface area contributed by atoms with E-state index in [-0.39, 0.29) is 12.1 Å². The van der Waals surface area contributed by atoms with Crippen LogP contribution in [0.2, 0.25) is 10.0 Å². The number of ether oxygens (including phenoxy) is 1. The molecule has 320 valence electrons. The number of anilines is 2. The number of nitrogens with zero attached hydrogens (tertiary/aromatic N) is 9. The first kappa shape index (κ1) is 45.2. The van der Waals surface area contributed by atoms with Gasteiger partial charge in [-0.3, -0.25) is 4.90 Å². The molecule has 0 bridgehead atoms. The number of halogens is 2. The van der Waals surface area contributed by atoms with Crippen LogP contribution in [0.25, 0.3) is 9.69 Å². The summed E-state index contributed by atoms with van der Waals surface area (Å²) < 4.78 is 5.09. The second kappa shape index (κ2) is 22.0. The fourth-order valence-corrected chi connectivity index (χ4v) is 7.83. The second-order valence-electron chi connectivity index (χ2n) is 15.3. The zero-order valence-electron chi connectivity index (χ0n) is 34.8. The quantitative estimate of drug-likeness (QED) is 0.112. The van der Waals surface area contributed by atoms with Gasteiger partial charge in [0.15, 0.2) is 11.4 Å². The minimum Gasteiger partial charge on any atom is -0.387 e. The van der Waals surface area contributed by atoms with Crippen LogP contribution in [0.15, 0.2) is 134 Å². The van der Waals surface area contributed by atoms with Gasteiger partial charge in [-0.2, -0.15) is 10.5 Å². The predicted octanol–water partition coefficient (Wildman–Crippen LogP) is 9.82. The third-order valence-corrected chi connectivity index (χ3v) is 11.6. The minimum absolute atomic E-state index is 0.0261. The highest BCUT2D eigenvalue weighted by Gasteiger charge is 2.31. The van der Waals surface area contributed by atoms with Crippen molar-refractivity contribution in [2.45, 2.75) is 24.3 Å². The Hall–Kier alpha value is -6.84. The average molecular weight is 888 g/mol. The number of hydrogen-bond donors (Lipinski definition) is 2. The summed E-state index contributed by atoms with van der Waals surface area (Å²) in [6, 6.07) is 42.2. The van der Waals surface area contributed by atoms with Gasteiger partial charge in [0.05, 0.1) is 49.1 Å². The van der Waals surface area contributed by atoms with E-state index in [4.69, 9.17) is 51.6 Å². The van der Waals surface area contributed by atoms with E-state index in [9.17, 15) is 5.11 Å². The summed E-state index contributed by atoms with van der Waals surface area (Å²) in [6.07, 6.45) is 2.88. The molecule has 64 heavy (non-hydrogen) atoms. The normalized spacial score (nSPS) is 18.3. The zero-order chi connectivity index (χ0) is 44.8. The van der Waals surface area contributed by atoms with Gasteiger partial charge in [0.1, 0.15) is 29.9 Å². The standard InChI is InChI=1S/C25H22ClN5O.C16H15ClN4.C9H7NO/c1-28-22-9-5-20(6-10-22)24(32)17-30-12-13-31(25-11-2-18(14-27)15-29-25)23(16-30)19-3-7-21(26)8-4-19;17-14-4-2-13(3-5-14)15-11-19-7-8-21(15)16-6-1-12(9-18)10-20-16;1-10-8-4-2-7(3-5-8)9-6-11-9/h2-11,15,23-24,32H,12-13,16-17H2;1-6,10,15,19H,7-8,11H2;2-5,9H,6H2/t23-,24+;15-;9-/m001/s1. The highest BCUT2D eigenvalue weighted by Crippen LogP contribution is 2.33. The van der Waals surface area contributed by atoms with Crippen molar-refractivity contribution in [2.75, 3.05) is 62.2 Å². The van der Waals surface area contributed by atoms with Gasteiger partial charge < -0.3 is 25.0 Å². The third kappa shape index (κ3) is 12.0. The molecule has 9 rings (SSSR count). The van der Waals surface area contributed by atoms with Crippen LogP contribution in [0, 0.1) is 35.8 Å². The Balaban J connectivity index is 0.000000162. The fourth-order valence-electron chi connectivity index (χ4n) is 7.58. The number of aliphatic hydroxyl groups is 1. The van der Waals surface area contributed by atoms with Crippen molar-refractivity contribution in [3.8, 4) is 12.1 Å². The molecule has 0 amide bonds. The topological polar surface area (TPSA) is 137 Å². The smallest absolute Gasteiger partial charge is 0.187 e. The minimum atomic E-state index is -0.639. The molecule has 3 saturated heterocycles. The monoisotopic (exact) mass is 886 g/mol. The lowest BCUT2D eigenvalue weighted by atomic mass is 10.0. The number of benzene rings is 4. The molecule has 0 saturated carbocycles. The Kier molecular flexibility index (Phi) is 15.5. The second-order valence-corrected chi connectivity index (χ2v) is 16.1.